The number of aliphatic hydroxyl groups excluding tert-OH is 1. The van der Waals surface area contributed by atoms with Crippen LogP contribution >= 0.6 is 0 Å². The van der Waals surface area contributed by atoms with Crippen molar-refractivity contribution < 1.29 is 14.6 Å². The van der Waals surface area contributed by atoms with Crippen molar-refractivity contribution in [3.63, 3.8) is 0 Å². The number of ether oxygens (including phenoxy) is 1. The van der Waals surface area contributed by atoms with E-state index in [9.17, 15) is 4.79 Å². The smallest absolute Gasteiger partial charge is 0.408 e. The second-order valence-electron chi connectivity index (χ2n) is 3.16. The van der Waals surface area contributed by atoms with Gasteiger partial charge in [-0.25, -0.2) is 4.79 Å². The predicted molar refractivity (Wildman–Crippen MR) is 49.7 cm³/mol. The number of nitrogens with one attached hydrogen (secondary N) is 1. The minimum absolute atomic E-state index is 0.168. The van der Waals surface area contributed by atoms with Gasteiger partial charge in [0.1, 0.15) is 0 Å². The van der Waals surface area contributed by atoms with Crippen LogP contribution in [0.15, 0.2) is 30.3 Å². The second kappa shape index (κ2) is 3.67. The van der Waals surface area contributed by atoms with Crippen LogP contribution in [0.4, 0.5) is 4.79 Å². The molecule has 1 fully saturated rings. The topological polar surface area (TPSA) is 58.6 Å². The molecular weight excluding hydrogens is 182 g/mol. The van der Waals surface area contributed by atoms with Gasteiger partial charge in [0.15, 0.2) is 6.10 Å². The van der Waals surface area contributed by atoms with Gasteiger partial charge in [-0.3, -0.25) is 0 Å². The molecule has 0 spiro atoms. The summed E-state index contributed by atoms with van der Waals surface area (Å²) >= 11 is 0. The van der Waals surface area contributed by atoms with E-state index in [0.29, 0.717) is 0 Å². The van der Waals surface area contributed by atoms with Crippen LogP contribution in [0.25, 0.3) is 0 Å². The van der Waals surface area contributed by atoms with Crippen molar-refractivity contribution in [3.05, 3.63) is 35.9 Å². The minimum atomic E-state index is -0.482. The maximum Gasteiger partial charge on any atom is 0.408 e. The molecule has 2 N–H and O–H groups in total. The first-order chi connectivity index (χ1) is 6.81. The van der Waals surface area contributed by atoms with E-state index in [1.54, 1.807) is 0 Å². The zero-order chi connectivity index (χ0) is 9.97. The lowest BCUT2D eigenvalue weighted by Gasteiger charge is -2.14. The molecule has 1 aliphatic heterocycles. The molecule has 1 aromatic carbocycles. The third-order valence-corrected chi connectivity index (χ3v) is 2.24. The first kappa shape index (κ1) is 9.02. The Kier molecular flexibility index (Phi) is 2.37. The zero-order valence-electron chi connectivity index (χ0n) is 7.51. The van der Waals surface area contributed by atoms with Crippen LogP contribution in [0.5, 0.6) is 0 Å². The van der Waals surface area contributed by atoms with Crippen molar-refractivity contribution in [3.8, 4) is 0 Å². The summed E-state index contributed by atoms with van der Waals surface area (Å²) in [6, 6.07) is 9.20. The molecule has 4 heteroatoms. The van der Waals surface area contributed by atoms with Gasteiger partial charge < -0.3 is 15.2 Å². The van der Waals surface area contributed by atoms with Gasteiger partial charge in [-0.2, -0.15) is 0 Å². The number of hydrogen-bond acceptors (Lipinski definition) is 3. The van der Waals surface area contributed by atoms with Crippen LogP contribution in [-0.4, -0.2) is 23.9 Å². The molecule has 1 heterocycles. The van der Waals surface area contributed by atoms with Crippen molar-refractivity contribution in [2.24, 2.45) is 0 Å². The molecule has 0 aromatic heterocycles. The summed E-state index contributed by atoms with van der Waals surface area (Å²) < 4.78 is 4.88. The van der Waals surface area contributed by atoms with Crippen LogP contribution in [0.2, 0.25) is 0 Å². The Labute approximate surface area is 81.5 Å². The fourth-order valence-corrected chi connectivity index (χ4v) is 1.56. The number of aliphatic hydroxyl groups is 1. The molecular formula is C10H11NO3. The first-order valence-corrected chi connectivity index (χ1v) is 4.44. The fourth-order valence-electron chi connectivity index (χ4n) is 1.56. The molecule has 1 saturated heterocycles. The third kappa shape index (κ3) is 1.56. The molecule has 1 amide bonds. The van der Waals surface area contributed by atoms with Gasteiger partial charge in [-0.1, -0.05) is 30.3 Å². The molecule has 0 radical (unpaired) electrons. The quantitative estimate of drug-likeness (QED) is 0.731. The molecule has 0 aliphatic carbocycles. The second-order valence-corrected chi connectivity index (χ2v) is 3.16. The van der Waals surface area contributed by atoms with Crippen molar-refractivity contribution >= 4 is 6.09 Å². The Morgan fingerprint density at radius 2 is 2.07 bits per heavy atom. The molecule has 4 nitrogen and oxygen atoms in total. The van der Waals surface area contributed by atoms with Crippen LogP contribution < -0.4 is 5.32 Å². The maximum atomic E-state index is 11.0. The number of hydrogen-bond donors (Lipinski definition) is 2. The predicted octanol–water partition coefficient (Wildman–Crippen LogP) is 0.828. The summed E-state index contributed by atoms with van der Waals surface area (Å²) in [5, 5.41) is 11.6. The Morgan fingerprint density at radius 1 is 1.36 bits per heavy atom. The van der Waals surface area contributed by atoms with Crippen LogP contribution in [-0.2, 0) is 4.74 Å². The molecule has 1 aromatic rings. The number of carbonyl (C=O) groups excluding carboxylic acids is 1. The van der Waals surface area contributed by atoms with Crippen molar-refractivity contribution in [1.29, 1.82) is 0 Å². The molecule has 14 heavy (non-hydrogen) atoms. The summed E-state index contributed by atoms with van der Waals surface area (Å²) in [6.45, 7) is -0.168. The van der Waals surface area contributed by atoms with Gasteiger partial charge in [-0.15, -0.1) is 0 Å². The Hall–Kier alpha value is -1.55. The zero-order valence-corrected chi connectivity index (χ0v) is 7.51. The Balaban J connectivity index is 2.22. The lowest BCUT2D eigenvalue weighted by atomic mass is 10.0. The van der Waals surface area contributed by atoms with E-state index < -0.39 is 12.2 Å². The summed E-state index contributed by atoms with van der Waals surface area (Å²) in [6.07, 6.45) is -0.956. The van der Waals surface area contributed by atoms with Crippen molar-refractivity contribution in [2.75, 3.05) is 6.61 Å². The minimum Gasteiger partial charge on any atom is -0.441 e. The largest absolute Gasteiger partial charge is 0.441 e. The van der Waals surface area contributed by atoms with E-state index in [1.807, 2.05) is 30.3 Å². The van der Waals surface area contributed by atoms with Gasteiger partial charge in [0.25, 0.3) is 0 Å². The molecule has 1 aliphatic rings. The van der Waals surface area contributed by atoms with Gasteiger partial charge in [0, 0.05) is 0 Å². The van der Waals surface area contributed by atoms with Gasteiger partial charge in [0.05, 0.1) is 12.6 Å². The van der Waals surface area contributed by atoms with E-state index in [4.69, 9.17) is 9.84 Å². The number of cyclic esters (lactones) is 1. The van der Waals surface area contributed by atoms with Gasteiger partial charge in [0.2, 0.25) is 0 Å². The highest BCUT2D eigenvalue weighted by molar-refractivity contribution is 5.70. The van der Waals surface area contributed by atoms with E-state index in [0.717, 1.165) is 5.56 Å². The van der Waals surface area contributed by atoms with E-state index in [1.165, 1.54) is 0 Å². The number of rotatable bonds is 2. The first-order valence-electron chi connectivity index (χ1n) is 4.44. The average molecular weight is 193 g/mol. The third-order valence-electron chi connectivity index (χ3n) is 2.24. The van der Waals surface area contributed by atoms with Crippen LogP contribution in [0.3, 0.4) is 0 Å². The summed E-state index contributed by atoms with van der Waals surface area (Å²) in [7, 11) is 0. The van der Waals surface area contributed by atoms with E-state index in [2.05, 4.69) is 5.32 Å². The monoisotopic (exact) mass is 193 g/mol. The van der Waals surface area contributed by atoms with Crippen LogP contribution in [0.1, 0.15) is 11.6 Å². The molecule has 74 valence electrons. The van der Waals surface area contributed by atoms with Crippen molar-refractivity contribution in [1.82, 2.24) is 5.32 Å². The lowest BCUT2D eigenvalue weighted by molar-refractivity contribution is 0.0829. The summed E-state index contributed by atoms with van der Waals surface area (Å²) in [4.78, 5) is 11.0. The van der Waals surface area contributed by atoms with Crippen LogP contribution in [0, 0.1) is 0 Å². The number of carbonyl (C=O) groups is 1. The number of benzene rings is 1. The molecule has 0 bridgehead atoms. The highest BCUT2D eigenvalue weighted by Gasteiger charge is 2.34. The van der Waals surface area contributed by atoms with E-state index >= 15 is 0 Å². The fraction of sp³-hybridized carbons (Fsp3) is 0.300. The highest BCUT2D eigenvalue weighted by atomic mass is 16.6. The average Bonchev–Trinajstić information content (AvgIpc) is 2.61. The van der Waals surface area contributed by atoms with Gasteiger partial charge in [-0.05, 0) is 5.56 Å². The molecule has 0 saturated carbocycles. The normalized spacial score (nSPS) is 25.6. The highest BCUT2D eigenvalue weighted by Crippen LogP contribution is 2.23. The Morgan fingerprint density at radius 3 is 2.71 bits per heavy atom. The standard InChI is InChI=1S/C10H11NO3/c12-6-8-9(11-10(13)14-8)7-4-2-1-3-5-7/h1-5,8-9,12H,6H2,(H,11,13)/t8-,9-/m1/s1. The summed E-state index contributed by atoms with van der Waals surface area (Å²) in [5.74, 6) is 0. The lowest BCUT2D eigenvalue weighted by Crippen LogP contribution is -2.24. The SMILES string of the molecule is O=C1N[C@H](c2ccccc2)[C@@H](CO)O1. The number of amides is 1. The molecule has 2 atom stereocenters. The Bertz CT molecular complexity index is 325. The molecule has 2 rings (SSSR count). The van der Waals surface area contributed by atoms with E-state index in [-0.39, 0.29) is 12.6 Å². The van der Waals surface area contributed by atoms with Crippen molar-refractivity contribution in [2.45, 2.75) is 12.1 Å². The maximum absolute atomic E-state index is 11.0. The summed E-state index contributed by atoms with van der Waals surface area (Å²) in [5.41, 5.74) is 0.942. The molecule has 0 unspecified atom stereocenters. The van der Waals surface area contributed by atoms with Gasteiger partial charge >= 0.3 is 6.09 Å². The number of alkyl carbamates (subject to hydrolysis) is 1.